The molecule has 1 heterocycles. The zero-order valence-electron chi connectivity index (χ0n) is 19.5. The molecule has 0 bridgehead atoms. The molecule has 0 unspecified atom stereocenters. The van der Waals surface area contributed by atoms with Crippen molar-refractivity contribution in [1.82, 2.24) is 4.90 Å². The van der Waals surface area contributed by atoms with Crippen LogP contribution in [0, 0.1) is 6.57 Å². The Balaban J connectivity index is 1.61. The number of likely N-dealkylation sites (tertiary alicyclic amines) is 1. The maximum atomic E-state index is 7.36. The van der Waals surface area contributed by atoms with E-state index in [2.05, 4.69) is 110 Å². The predicted molar refractivity (Wildman–Crippen MR) is 135 cm³/mol. The van der Waals surface area contributed by atoms with Crippen LogP contribution in [0.1, 0.15) is 33.3 Å². The molecule has 164 valence electrons. The number of hydrogen-bond acceptors (Lipinski definition) is 2. The molecule has 0 radical (unpaired) electrons. The summed E-state index contributed by atoms with van der Waals surface area (Å²) in [6.07, 6.45) is 0. The molecule has 1 fully saturated rings. The van der Waals surface area contributed by atoms with Crippen LogP contribution in [0.3, 0.4) is 0 Å². The van der Waals surface area contributed by atoms with Crippen LogP contribution in [-0.2, 0) is 11.0 Å². The molecule has 32 heavy (non-hydrogen) atoms. The first kappa shape index (κ1) is 22.5. The van der Waals surface area contributed by atoms with E-state index in [4.69, 9.17) is 11.0 Å². The molecule has 4 rings (SSSR count). The molecule has 0 aromatic heterocycles. The lowest BCUT2D eigenvalue weighted by molar-refractivity contribution is -0.0742. The molecule has 0 N–H and O–H groups in total. The SMILES string of the molecule is [C-]#[N+]c1ccc(CN2CC(C)(O[Si](c3ccccc3)(c3ccccc3)C(C)(C)C)C2)cc1. The third kappa shape index (κ3) is 4.29. The summed E-state index contributed by atoms with van der Waals surface area (Å²) in [4.78, 5) is 5.93. The van der Waals surface area contributed by atoms with Gasteiger partial charge in [0, 0.05) is 19.6 Å². The molecule has 1 aliphatic heterocycles. The van der Waals surface area contributed by atoms with Gasteiger partial charge in [0.15, 0.2) is 5.69 Å². The van der Waals surface area contributed by atoms with Crippen LogP contribution in [0.2, 0.25) is 5.04 Å². The van der Waals surface area contributed by atoms with Crippen molar-refractivity contribution in [2.75, 3.05) is 13.1 Å². The van der Waals surface area contributed by atoms with Gasteiger partial charge in [0.1, 0.15) is 0 Å². The smallest absolute Gasteiger partial charge is 0.261 e. The van der Waals surface area contributed by atoms with Crippen molar-refractivity contribution < 1.29 is 4.43 Å². The molecular weight excluding hydrogens is 408 g/mol. The highest BCUT2D eigenvalue weighted by Gasteiger charge is 2.55. The highest BCUT2D eigenvalue weighted by atomic mass is 28.4. The first-order valence-corrected chi connectivity index (χ1v) is 13.2. The van der Waals surface area contributed by atoms with E-state index < -0.39 is 8.32 Å². The second kappa shape index (κ2) is 8.67. The third-order valence-corrected chi connectivity index (χ3v) is 11.6. The number of nitrogens with zero attached hydrogens (tertiary/aromatic N) is 2. The van der Waals surface area contributed by atoms with E-state index in [-0.39, 0.29) is 10.6 Å². The lowest BCUT2D eigenvalue weighted by atomic mass is 9.96. The average molecular weight is 441 g/mol. The summed E-state index contributed by atoms with van der Waals surface area (Å²) in [7, 11) is -2.55. The van der Waals surface area contributed by atoms with Gasteiger partial charge in [-0.05, 0) is 27.9 Å². The predicted octanol–water partition coefficient (Wildman–Crippen LogP) is 5.39. The van der Waals surface area contributed by atoms with Crippen molar-refractivity contribution in [3.05, 3.63) is 102 Å². The molecule has 3 aromatic carbocycles. The van der Waals surface area contributed by atoms with E-state index >= 15 is 0 Å². The van der Waals surface area contributed by atoms with Crippen LogP contribution >= 0.6 is 0 Å². The topological polar surface area (TPSA) is 16.8 Å². The largest absolute Gasteiger partial charge is 0.400 e. The Bertz CT molecular complexity index is 1040. The fourth-order valence-electron chi connectivity index (χ4n) is 5.03. The van der Waals surface area contributed by atoms with Crippen LogP contribution in [0.15, 0.2) is 84.9 Å². The van der Waals surface area contributed by atoms with Gasteiger partial charge in [-0.1, -0.05) is 106 Å². The fraction of sp³-hybridized carbons (Fsp3) is 0.321. The molecule has 1 aliphatic rings. The zero-order chi connectivity index (χ0) is 22.8. The second-order valence-electron chi connectivity index (χ2n) is 10.1. The van der Waals surface area contributed by atoms with Crippen molar-refractivity contribution in [3.63, 3.8) is 0 Å². The average Bonchev–Trinajstić information content (AvgIpc) is 2.77. The van der Waals surface area contributed by atoms with Crippen molar-refractivity contribution in [2.45, 2.75) is 44.9 Å². The Hall–Kier alpha value is -2.71. The summed E-state index contributed by atoms with van der Waals surface area (Å²) >= 11 is 0. The van der Waals surface area contributed by atoms with Gasteiger partial charge >= 0.3 is 0 Å². The Kier molecular flexibility index (Phi) is 6.09. The van der Waals surface area contributed by atoms with E-state index in [0.29, 0.717) is 5.69 Å². The lowest BCUT2D eigenvalue weighted by Gasteiger charge is -2.55. The van der Waals surface area contributed by atoms with E-state index in [9.17, 15) is 0 Å². The molecule has 4 heteroatoms. The Morgan fingerprint density at radius 3 is 1.81 bits per heavy atom. The summed E-state index contributed by atoms with van der Waals surface area (Å²) < 4.78 is 7.36. The Morgan fingerprint density at radius 1 is 0.875 bits per heavy atom. The zero-order valence-corrected chi connectivity index (χ0v) is 20.5. The Labute approximate surface area is 193 Å². The summed E-state index contributed by atoms with van der Waals surface area (Å²) in [6.45, 7) is 19.1. The molecule has 0 atom stereocenters. The molecule has 0 saturated carbocycles. The van der Waals surface area contributed by atoms with E-state index in [1.807, 2.05) is 12.1 Å². The van der Waals surface area contributed by atoms with Gasteiger partial charge in [0.2, 0.25) is 0 Å². The number of hydrogen-bond donors (Lipinski definition) is 0. The van der Waals surface area contributed by atoms with Crippen LogP contribution in [0.25, 0.3) is 4.85 Å². The number of rotatable bonds is 6. The van der Waals surface area contributed by atoms with Crippen molar-refractivity contribution in [3.8, 4) is 0 Å². The third-order valence-electron chi connectivity index (χ3n) is 6.40. The second-order valence-corrected chi connectivity index (χ2v) is 14.4. The summed E-state index contributed by atoms with van der Waals surface area (Å²) in [6, 6.07) is 29.7. The van der Waals surface area contributed by atoms with Crippen LogP contribution in [-0.4, -0.2) is 31.9 Å². The standard InChI is InChI=1S/C28H32N2OSi/c1-27(2,3)32(25-12-8-6-9-13-25,26-14-10-7-11-15-26)31-28(4)21-30(22-28)20-23-16-18-24(29-5)19-17-23/h6-19H,20-22H2,1-4H3. The molecular formula is C28H32N2OSi. The summed E-state index contributed by atoms with van der Waals surface area (Å²) in [5, 5.41) is 2.63. The quantitative estimate of drug-likeness (QED) is 0.378. The van der Waals surface area contributed by atoms with Gasteiger partial charge in [-0.25, -0.2) is 4.85 Å². The summed E-state index contributed by atoms with van der Waals surface area (Å²) in [5.41, 5.74) is 1.74. The minimum absolute atomic E-state index is 0.0191. The minimum Gasteiger partial charge on any atom is -0.400 e. The van der Waals surface area contributed by atoms with Crippen molar-refractivity contribution in [1.29, 1.82) is 0 Å². The lowest BCUT2D eigenvalue weighted by Crippen LogP contribution is -2.74. The molecule has 1 saturated heterocycles. The van der Waals surface area contributed by atoms with E-state index in [1.54, 1.807) is 0 Å². The molecule has 0 amide bonds. The normalized spacial score (nSPS) is 16.2. The maximum Gasteiger partial charge on any atom is 0.261 e. The van der Waals surface area contributed by atoms with Gasteiger partial charge in [-0.15, -0.1) is 0 Å². The highest BCUT2D eigenvalue weighted by Crippen LogP contribution is 2.41. The van der Waals surface area contributed by atoms with Crippen LogP contribution < -0.4 is 10.4 Å². The van der Waals surface area contributed by atoms with Gasteiger partial charge in [-0.3, -0.25) is 4.90 Å². The van der Waals surface area contributed by atoms with E-state index in [0.717, 1.165) is 19.6 Å². The first-order valence-electron chi connectivity index (χ1n) is 11.3. The van der Waals surface area contributed by atoms with Crippen LogP contribution in [0.4, 0.5) is 5.69 Å². The monoisotopic (exact) mass is 440 g/mol. The molecule has 3 nitrogen and oxygen atoms in total. The van der Waals surface area contributed by atoms with Gasteiger partial charge in [0.05, 0.1) is 12.2 Å². The Morgan fingerprint density at radius 2 is 1.38 bits per heavy atom. The summed E-state index contributed by atoms with van der Waals surface area (Å²) in [5.74, 6) is 0. The highest BCUT2D eigenvalue weighted by molar-refractivity contribution is 6.99. The molecule has 0 spiro atoms. The minimum atomic E-state index is -2.55. The fourth-order valence-corrected chi connectivity index (χ4v) is 9.83. The van der Waals surface area contributed by atoms with Gasteiger partial charge in [-0.2, -0.15) is 0 Å². The maximum absolute atomic E-state index is 7.36. The number of benzene rings is 3. The molecule has 0 aliphatic carbocycles. The first-order chi connectivity index (χ1) is 15.3. The van der Waals surface area contributed by atoms with Crippen molar-refractivity contribution in [2.24, 2.45) is 0 Å². The molecule has 3 aromatic rings. The van der Waals surface area contributed by atoms with E-state index in [1.165, 1.54) is 15.9 Å². The van der Waals surface area contributed by atoms with Gasteiger partial charge in [0.25, 0.3) is 8.32 Å². The van der Waals surface area contributed by atoms with Gasteiger partial charge < -0.3 is 4.43 Å². The van der Waals surface area contributed by atoms with Crippen LogP contribution in [0.5, 0.6) is 0 Å². The van der Waals surface area contributed by atoms with Crippen molar-refractivity contribution >= 4 is 24.4 Å².